The summed E-state index contributed by atoms with van der Waals surface area (Å²) in [7, 11) is 0. The molecule has 7 nitrogen and oxygen atoms in total. The topological polar surface area (TPSA) is 95.9 Å². The van der Waals surface area contributed by atoms with Crippen molar-refractivity contribution in [3.05, 3.63) is 0 Å². The summed E-state index contributed by atoms with van der Waals surface area (Å²) in [5, 5.41) is 11.5. The lowest BCUT2D eigenvalue weighted by molar-refractivity contribution is -0.146. The van der Waals surface area contributed by atoms with Crippen molar-refractivity contribution in [3.8, 4) is 0 Å². The Bertz CT molecular complexity index is 416. The van der Waals surface area contributed by atoms with Crippen molar-refractivity contribution in [3.63, 3.8) is 0 Å². The highest BCUT2D eigenvalue weighted by atomic mass is 16.6. The van der Waals surface area contributed by atoms with Gasteiger partial charge in [0.15, 0.2) is 0 Å². The van der Waals surface area contributed by atoms with Crippen molar-refractivity contribution in [2.45, 2.75) is 64.6 Å². The van der Waals surface area contributed by atoms with Crippen LogP contribution in [-0.2, 0) is 14.3 Å². The number of carbonyl (C=O) groups excluding carboxylic acids is 2. The molecule has 1 aliphatic rings. The van der Waals surface area contributed by atoms with Gasteiger partial charge < -0.3 is 20.1 Å². The average Bonchev–Trinajstić information content (AvgIpc) is 2.41. The Hall–Kier alpha value is -1.79. The molecule has 1 heterocycles. The van der Waals surface area contributed by atoms with Gasteiger partial charge in [0.25, 0.3) is 0 Å². The molecule has 0 saturated carbocycles. The zero-order chi connectivity index (χ0) is 16.2. The van der Waals surface area contributed by atoms with Crippen molar-refractivity contribution < 1.29 is 24.2 Å². The van der Waals surface area contributed by atoms with E-state index >= 15 is 0 Å². The second-order valence-corrected chi connectivity index (χ2v) is 6.34. The van der Waals surface area contributed by atoms with Gasteiger partial charge in [-0.1, -0.05) is 0 Å². The highest BCUT2D eigenvalue weighted by Crippen LogP contribution is 2.18. The van der Waals surface area contributed by atoms with Crippen LogP contribution in [0.15, 0.2) is 0 Å². The highest BCUT2D eigenvalue weighted by Gasteiger charge is 2.33. The molecule has 0 aliphatic carbocycles. The molecule has 0 aromatic carbocycles. The molecule has 0 aromatic rings. The number of aliphatic carboxylic acids is 1. The molecule has 0 aromatic heterocycles. The number of hydrogen-bond donors (Lipinski definition) is 2. The SMILES string of the molecule is C[C@H]1CCC[C@H](NC(=O)OC(C)(C)C)C(=O)N1CC(=O)O. The van der Waals surface area contributed by atoms with Crippen molar-refractivity contribution in [2.75, 3.05) is 6.54 Å². The van der Waals surface area contributed by atoms with Crippen LogP contribution in [0.1, 0.15) is 47.0 Å². The number of ether oxygens (including phenoxy) is 1. The molecule has 1 aliphatic heterocycles. The zero-order valence-corrected chi connectivity index (χ0v) is 13.0. The molecular weight excluding hydrogens is 276 g/mol. The van der Waals surface area contributed by atoms with Crippen LogP contribution in [0.3, 0.4) is 0 Å². The average molecular weight is 300 g/mol. The van der Waals surface area contributed by atoms with Crippen molar-refractivity contribution >= 4 is 18.0 Å². The van der Waals surface area contributed by atoms with E-state index in [1.54, 1.807) is 20.8 Å². The zero-order valence-electron chi connectivity index (χ0n) is 13.0. The second-order valence-electron chi connectivity index (χ2n) is 6.34. The van der Waals surface area contributed by atoms with Gasteiger partial charge in [-0.15, -0.1) is 0 Å². The van der Waals surface area contributed by atoms with E-state index in [1.807, 2.05) is 6.92 Å². The largest absolute Gasteiger partial charge is 0.480 e. The second kappa shape index (κ2) is 6.78. The minimum atomic E-state index is -1.06. The minimum absolute atomic E-state index is 0.154. The van der Waals surface area contributed by atoms with Crippen molar-refractivity contribution in [2.24, 2.45) is 0 Å². The molecule has 21 heavy (non-hydrogen) atoms. The number of nitrogens with one attached hydrogen (secondary N) is 1. The van der Waals surface area contributed by atoms with Gasteiger partial charge in [0.05, 0.1) is 0 Å². The number of amides is 2. The Balaban J connectivity index is 2.75. The van der Waals surface area contributed by atoms with E-state index in [4.69, 9.17) is 9.84 Å². The fourth-order valence-electron chi connectivity index (χ4n) is 2.28. The van der Waals surface area contributed by atoms with Crippen molar-refractivity contribution in [1.82, 2.24) is 10.2 Å². The van der Waals surface area contributed by atoms with Crippen LogP contribution in [0.5, 0.6) is 0 Å². The standard InChI is InChI=1S/C14H24N2O5/c1-9-6-5-7-10(12(19)16(9)8-11(17)18)15-13(20)21-14(2,3)4/h9-10H,5-8H2,1-4H3,(H,15,20)(H,17,18)/t9-,10-/m0/s1. The number of rotatable bonds is 3. The van der Waals surface area contributed by atoms with E-state index in [0.717, 1.165) is 6.42 Å². The lowest BCUT2D eigenvalue weighted by Crippen LogP contribution is -2.51. The number of nitrogens with zero attached hydrogens (tertiary/aromatic N) is 1. The molecular formula is C14H24N2O5. The first-order valence-corrected chi connectivity index (χ1v) is 7.12. The molecule has 120 valence electrons. The third-order valence-electron chi connectivity index (χ3n) is 3.22. The van der Waals surface area contributed by atoms with Gasteiger partial charge in [-0.25, -0.2) is 4.79 Å². The van der Waals surface area contributed by atoms with Crippen LogP contribution < -0.4 is 5.32 Å². The quantitative estimate of drug-likeness (QED) is 0.820. The van der Waals surface area contributed by atoms with Crippen LogP contribution in [-0.4, -0.2) is 52.2 Å². The van der Waals surface area contributed by atoms with Crippen LogP contribution in [0.2, 0.25) is 0 Å². The summed E-state index contributed by atoms with van der Waals surface area (Å²) in [4.78, 5) is 36.3. The van der Waals surface area contributed by atoms with Crippen LogP contribution in [0.25, 0.3) is 0 Å². The van der Waals surface area contributed by atoms with Crippen LogP contribution in [0.4, 0.5) is 4.79 Å². The summed E-state index contributed by atoms with van der Waals surface area (Å²) in [5.41, 5.74) is -0.647. The third-order valence-corrected chi connectivity index (χ3v) is 3.22. The van der Waals surface area contributed by atoms with Gasteiger partial charge in [-0.2, -0.15) is 0 Å². The summed E-state index contributed by atoms with van der Waals surface area (Å²) >= 11 is 0. The predicted octanol–water partition coefficient (Wildman–Crippen LogP) is 1.37. The number of likely N-dealkylation sites (tertiary alicyclic amines) is 1. The Kier molecular flexibility index (Phi) is 5.57. The Morgan fingerprint density at radius 1 is 1.38 bits per heavy atom. The first kappa shape index (κ1) is 17.3. The molecule has 0 unspecified atom stereocenters. The molecule has 1 rings (SSSR count). The molecule has 0 radical (unpaired) electrons. The maximum atomic E-state index is 12.4. The first-order chi connectivity index (χ1) is 9.60. The van der Waals surface area contributed by atoms with Crippen molar-refractivity contribution in [1.29, 1.82) is 0 Å². The maximum Gasteiger partial charge on any atom is 0.408 e. The molecule has 0 spiro atoms. The van der Waals surface area contributed by atoms with Crippen LogP contribution >= 0.6 is 0 Å². The van der Waals surface area contributed by atoms with E-state index in [2.05, 4.69) is 5.32 Å². The lowest BCUT2D eigenvalue weighted by atomic mass is 10.1. The highest BCUT2D eigenvalue weighted by molar-refractivity contribution is 5.88. The maximum absolute atomic E-state index is 12.4. The molecule has 1 saturated heterocycles. The Morgan fingerprint density at radius 2 is 2.00 bits per heavy atom. The third kappa shape index (κ3) is 5.61. The van der Waals surface area contributed by atoms with Gasteiger partial charge in [-0.05, 0) is 47.0 Å². The molecule has 7 heteroatoms. The van der Waals surface area contributed by atoms with Gasteiger partial charge in [-0.3, -0.25) is 9.59 Å². The number of carboxylic acid groups (broad SMARTS) is 1. The summed E-state index contributed by atoms with van der Waals surface area (Å²) in [5.74, 6) is -1.43. The van der Waals surface area contributed by atoms with Gasteiger partial charge in [0, 0.05) is 6.04 Å². The number of alkyl carbamates (subject to hydrolysis) is 1. The number of carbonyl (C=O) groups is 3. The molecule has 1 fully saturated rings. The van der Waals surface area contributed by atoms with E-state index in [-0.39, 0.29) is 18.5 Å². The van der Waals surface area contributed by atoms with E-state index in [9.17, 15) is 14.4 Å². The summed E-state index contributed by atoms with van der Waals surface area (Å²) in [6.07, 6.45) is 1.28. The predicted molar refractivity (Wildman–Crippen MR) is 75.8 cm³/mol. The van der Waals surface area contributed by atoms with Gasteiger partial charge in [0.1, 0.15) is 18.2 Å². The summed E-state index contributed by atoms with van der Waals surface area (Å²) in [6.45, 7) is 6.67. The Labute approximate surface area is 124 Å². The number of carboxylic acids is 1. The molecule has 0 bridgehead atoms. The van der Waals surface area contributed by atoms with Gasteiger partial charge >= 0.3 is 12.1 Å². The van der Waals surface area contributed by atoms with E-state index in [1.165, 1.54) is 4.90 Å². The van der Waals surface area contributed by atoms with Crippen LogP contribution in [0, 0.1) is 0 Å². The van der Waals surface area contributed by atoms with E-state index < -0.39 is 23.7 Å². The monoisotopic (exact) mass is 300 g/mol. The fraction of sp³-hybridized carbons (Fsp3) is 0.786. The lowest BCUT2D eigenvalue weighted by Gasteiger charge is -2.28. The summed E-state index contributed by atoms with van der Waals surface area (Å²) < 4.78 is 5.14. The smallest absolute Gasteiger partial charge is 0.408 e. The molecule has 2 N–H and O–H groups in total. The molecule has 2 amide bonds. The molecule has 2 atom stereocenters. The summed E-state index contributed by atoms with van der Waals surface area (Å²) in [6, 6.07) is -0.886. The van der Waals surface area contributed by atoms with Gasteiger partial charge in [0.2, 0.25) is 5.91 Å². The van der Waals surface area contributed by atoms with E-state index in [0.29, 0.717) is 12.8 Å². The first-order valence-electron chi connectivity index (χ1n) is 7.12. The number of hydrogen-bond acceptors (Lipinski definition) is 4. The minimum Gasteiger partial charge on any atom is -0.480 e. The Morgan fingerprint density at radius 3 is 2.52 bits per heavy atom. The normalized spacial score (nSPS) is 23.4. The fourth-order valence-corrected chi connectivity index (χ4v) is 2.28.